The van der Waals surface area contributed by atoms with Gasteiger partial charge in [0.25, 0.3) is 0 Å². The molecular formula is C7H4Br2F3MgO. The average Bonchev–Trinajstić information content (AvgIpc) is 2.04. The van der Waals surface area contributed by atoms with Crippen molar-refractivity contribution in [3.63, 3.8) is 0 Å². The second-order valence-corrected chi connectivity index (χ2v) is 9.97. The van der Waals surface area contributed by atoms with Crippen molar-refractivity contribution < 1.29 is 17.9 Å². The van der Waals surface area contributed by atoms with Crippen molar-refractivity contribution in [2.24, 2.45) is 0 Å². The highest BCUT2D eigenvalue weighted by Gasteiger charge is 2.30. The van der Waals surface area contributed by atoms with Gasteiger partial charge in [0.1, 0.15) is 5.75 Å². The molecule has 0 fully saturated rings. The van der Waals surface area contributed by atoms with E-state index in [1.165, 1.54) is 24.3 Å². The number of hydrogen-bond donors (Lipinski definition) is 0. The van der Waals surface area contributed by atoms with Gasteiger partial charge in [-0.1, -0.05) is 12.1 Å². The Hall–Kier alpha value is 0.536. The van der Waals surface area contributed by atoms with Gasteiger partial charge in [-0.05, 0) is 18.2 Å². The molecule has 7 heteroatoms. The van der Waals surface area contributed by atoms with Crippen LogP contribution < -0.4 is 4.74 Å². The topological polar surface area (TPSA) is 9.23 Å². The van der Waals surface area contributed by atoms with Crippen LogP contribution in [0.5, 0.6) is 5.75 Å². The second-order valence-electron chi connectivity index (χ2n) is 1.88. The van der Waals surface area contributed by atoms with Gasteiger partial charge < -0.3 is 4.74 Å². The van der Waals surface area contributed by atoms with Crippen LogP contribution in [0.4, 0.5) is 13.2 Å². The molecule has 0 aliphatic rings. The monoisotopic (exact) mass is 343 g/mol. The van der Waals surface area contributed by atoms with Crippen LogP contribution in [0.2, 0.25) is 0 Å². The van der Waals surface area contributed by atoms with Crippen molar-refractivity contribution in [3.8, 4) is 5.75 Å². The van der Waals surface area contributed by atoms with Gasteiger partial charge in [-0.25, -0.2) is 0 Å². The zero-order valence-corrected chi connectivity index (χ0v) is 11.4. The zero-order valence-electron chi connectivity index (χ0n) is 6.81. The Morgan fingerprint density at radius 2 is 1.64 bits per heavy atom. The molecule has 0 unspecified atom stereocenters. The highest BCUT2D eigenvalue weighted by Crippen LogP contribution is 2.21. The van der Waals surface area contributed by atoms with E-state index >= 15 is 0 Å². The summed E-state index contributed by atoms with van der Waals surface area (Å²) in [4.78, 5) is 0. The average molecular weight is 345 g/mol. The summed E-state index contributed by atoms with van der Waals surface area (Å²) in [5, 5.41) is 0. The first-order chi connectivity index (χ1) is 6.49. The largest absolute Gasteiger partial charge is 0.573 e. The van der Waals surface area contributed by atoms with Crippen molar-refractivity contribution in [1.29, 1.82) is 0 Å². The lowest BCUT2D eigenvalue weighted by molar-refractivity contribution is -0.274. The van der Waals surface area contributed by atoms with Gasteiger partial charge in [-0.2, -0.15) is 0 Å². The lowest BCUT2D eigenvalue weighted by Gasteiger charge is -2.07. The van der Waals surface area contributed by atoms with Crippen LogP contribution in [0.25, 0.3) is 0 Å². The molecule has 1 radical (unpaired) electrons. The summed E-state index contributed by atoms with van der Waals surface area (Å²) in [6.07, 6.45) is -4.61. The van der Waals surface area contributed by atoms with Crippen molar-refractivity contribution in [2.45, 2.75) is 6.36 Å². The van der Waals surface area contributed by atoms with Gasteiger partial charge in [0, 0.05) is 0 Å². The van der Waals surface area contributed by atoms with Crippen LogP contribution in [-0.4, -0.2) is 22.4 Å². The Morgan fingerprint density at radius 3 is 2.00 bits per heavy atom. The third-order valence-electron chi connectivity index (χ3n) is 0.921. The van der Waals surface area contributed by atoms with Gasteiger partial charge in [-0.15, -0.1) is 13.2 Å². The van der Waals surface area contributed by atoms with Crippen LogP contribution in [0.3, 0.4) is 0 Å². The van der Waals surface area contributed by atoms with Crippen LogP contribution in [0, 0.1) is 6.07 Å². The minimum Gasteiger partial charge on any atom is -0.406 e. The van der Waals surface area contributed by atoms with E-state index in [0.29, 0.717) is 0 Å². The molecule has 0 heterocycles. The molecule has 75 valence electrons. The number of ether oxygens (including phenoxy) is 1. The molecule has 0 saturated carbocycles. The fraction of sp³-hybridized carbons (Fsp3) is 0.143. The molecule has 0 N–H and O–H groups in total. The lowest BCUT2D eigenvalue weighted by atomic mass is 10.3. The normalized spacial score (nSPS) is 9.50. The maximum Gasteiger partial charge on any atom is 0.573 e. The van der Waals surface area contributed by atoms with E-state index in [1.807, 2.05) is 0 Å². The van der Waals surface area contributed by atoms with Gasteiger partial charge in [-0.3, -0.25) is 25.8 Å². The molecule has 0 bridgehead atoms. The van der Waals surface area contributed by atoms with E-state index in [-0.39, 0.29) is 21.8 Å². The van der Waals surface area contributed by atoms with E-state index in [1.54, 1.807) is 0 Å². The second kappa shape index (κ2) is 7.78. The van der Waals surface area contributed by atoms with E-state index in [4.69, 9.17) is 0 Å². The van der Waals surface area contributed by atoms with Gasteiger partial charge in [0.2, 0.25) is 0 Å². The number of rotatable bonds is 1. The van der Waals surface area contributed by atoms with Crippen LogP contribution in [-0.2, 0) is 0 Å². The molecule has 0 amide bonds. The molecule has 0 atom stereocenters. The van der Waals surface area contributed by atoms with Gasteiger partial charge in [0.05, 0.1) is 0 Å². The zero-order chi connectivity index (χ0) is 11.0. The molecule has 1 nitrogen and oxygen atoms in total. The quantitative estimate of drug-likeness (QED) is 0.706. The summed E-state index contributed by atoms with van der Waals surface area (Å²) in [5.41, 5.74) is 0. The van der Waals surface area contributed by atoms with Gasteiger partial charge in [0.15, 0.2) is 0 Å². The lowest BCUT2D eigenvalue weighted by Crippen LogP contribution is -2.16. The Morgan fingerprint density at radius 1 is 1.21 bits per heavy atom. The third-order valence-corrected chi connectivity index (χ3v) is 0.921. The van der Waals surface area contributed by atoms with Crippen molar-refractivity contribution >= 4 is 41.8 Å². The maximum atomic E-state index is 11.5. The van der Waals surface area contributed by atoms with E-state index in [2.05, 4.69) is 36.6 Å². The third kappa shape index (κ3) is 9.11. The maximum absolute atomic E-state index is 11.5. The minimum atomic E-state index is -4.61. The van der Waals surface area contributed by atoms with Crippen LogP contribution in [0.1, 0.15) is 0 Å². The molecule has 0 aromatic heterocycles. The van der Waals surface area contributed by atoms with Crippen molar-refractivity contribution in [2.75, 3.05) is 0 Å². The van der Waals surface area contributed by atoms with Gasteiger partial charge >= 0.3 is 22.4 Å². The smallest absolute Gasteiger partial charge is 0.406 e. The molecule has 14 heavy (non-hydrogen) atoms. The van der Waals surface area contributed by atoms with Crippen molar-refractivity contribution in [3.05, 3.63) is 30.3 Å². The molecular weight excluding hydrogens is 341 g/mol. The van der Waals surface area contributed by atoms with Crippen LogP contribution >= 0.6 is 25.8 Å². The molecule has 0 spiro atoms. The van der Waals surface area contributed by atoms with Crippen molar-refractivity contribution in [1.82, 2.24) is 0 Å². The fourth-order valence-electron chi connectivity index (χ4n) is 0.573. The highest BCUT2D eigenvalue weighted by molar-refractivity contribution is 9.47. The summed E-state index contributed by atoms with van der Waals surface area (Å²) in [5.74, 6) is -0.226. The first kappa shape index (κ1) is 14.5. The molecule has 0 aliphatic heterocycles. The van der Waals surface area contributed by atoms with Crippen LogP contribution in [0.15, 0.2) is 24.3 Å². The standard InChI is InChI=1S/C7H4F3O.2BrH.Mg/c8-7(9,10)11-6-4-2-1-3-5-6;;;/h2-5H;2*1H;/q;;;+2/p-2. The SMILES string of the molecule is FC(F)(F)Oc1cc[c]cc1.[Br][Mg][Br]. The summed E-state index contributed by atoms with van der Waals surface area (Å²) in [6.45, 7) is 0. The molecule has 0 saturated heterocycles. The van der Waals surface area contributed by atoms with E-state index in [0.717, 1.165) is 0 Å². The molecule has 1 aromatic carbocycles. The summed E-state index contributed by atoms with van der Waals surface area (Å²) >= 11 is 6.44. The predicted molar refractivity (Wildman–Crippen MR) is 55.6 cm³/mol. The Labute approximate surface area is 101 Å². The first-order valence-corrected chi connectivity index (χ1v) is 11.1. The Balaban J connectivity index is 0.000000500. The number of hydrogen-bond acceptors (Lipinski definition) is 1. The van der Waals surface area contributed by atoms with E-state index in [9.17, 15) is 13.2 Å². The number of alkyl halides is 3. The molecule has 1 rings (SSSR count). The number of halogens is 5. The fourth-order valence-corrected chi connectivity index (χ4v) is 0.573. The Bertz CT molecular complexity index is 242. The predicted octanol–water partition coefficient (Wildman–Crippen LogP) is 3.70. The Kier molecular flexibility index (Phi) is 8.08. The number of benzene rings is 1. The summed E-state index contributed by atoms with van der Waals surface area (Å²) in [6, 6.07) is 7.64. The molecule has 1 aromatic rings. The summed E-state index contributed by atoms with van der Waals surface area (Å²) in [7, 11) is 0. The highest BCUT2D eigenvalue weighted by atomic mass is 79.9. The minimum absolute atomic E-state index is 0.0417. The summed E-state index contributed by atoms with van der Waals surface area (Å²) < 4.78 is 38.1. The first-order valence-electron chi connectivity index (χ1n) is 3.33. The molecule has 0 aliphatic carbocycles. The van der Waals surface area contributed by atoms with E-state index < -0.39 is 6.36 Å².